The molecule has 3 rings (SSSR count). The maximum atomic E-state index is 12.2. The van der Waals surface area contributed by atoms with Gasteiger partial charge in [0, 0.05) is 30.7 Å². The molecule has 0 aliphatic heterocycles. The van der Waals surface area contributed by atoms with Crippen LogP contribution in [0.3, 0.4) is 0 Å². The largest absolute Gasteiger partial charge is 0.341 e. The topological polar surface area (TPSA) is 58.1 Å². The average molecular weight is 352 g/mol. The van der Waals surface area contributed by atoms with Crippen molar-refractivity contribution in [2.24, 2.45) is 0 Å². The first-order valence-corrected chi connectivity index (χ1v) is 8.81. The molecule has 0 bridgehead atoms. The Hall–Kier alpha value is -2.73. The van der Waals surface area contributed by atoms with Gasteiger partial charge in [0.2, 0.25) is 11.0 Å². The van der Waals surface area contributed by atoms with Crippen LogP contribution in [0, 0.1) is 6.92 Å². The molecule has 1 N–H and O–H groups in total. The third kappa shape index (κ3) is 4.87. The fourth-order valence-electron chi connectivity index (χ4n) is 2.37. The van der Waals surface area contributed by atoms with Crippen LogP contribution in [0.4, 0.5) is 10.8 Å². The van der Waals surface area contributed by atoms with Crippen LogP contribution in [0.2, 0.25) is 0 Å². The lowest BCUT2D eigenvalue weighted by Gasteiger charge is -2.14. The van der Waals surface area contributed by atoms with Crippen molar-refractivity contribution in [2.75, 3.05) is 23.8 Å². The Bertz CT molecular complexity index is 830. The summed E-state index contributed by atoms with van der Waals surface area (Å²) in [6.45, 7) is 2.25. The fourth-order valence-corrected chi connectivity index (χ4v) is 3.01. The Labute approximate surface area is 151 Å². The van der Waals surface area contributed by atoms with E-state index >= 15 is 0 Å². The van der Waals surface area contributed by atoms with E-state index in [1.54, 1.807) is 0 Å². The number of likely N-dealkylation sites (N-methyl/N-ethyl adjacent to an activating group) is 1. The molecule has 0 fully saturated rings. The highest BCUT2D eigenvalue weighted by Gasteiger charge is 2.13. The van der Waals surface area contributed by atoms with E-state index in [0.717, 1.165) is 22.2 Å². The predicted octanol–water partition coefficient (Wildman–Crippen LogP) is 3.51. The number of rotatable bonds is 6. The van der Waals surface area contributed by atoms with Gasteiger partial charge in [-0.15, -0.1) is 0 Å². The van der Waals surface area contributed by atoms with E-state index in [1.807, 2.05) is 61.3 Å². The number of hydrogen-bond donors (Lipinski definition) is 1. The van der Waals surface area contributed by atoms with Gasteiger partial charge in [-0.2, -0.15) is 4.37 Å². The highest BCUT2D eigenvalue weighted by Crippen LogP contribution is 2.18. The summed E-state index contributed by atoms with van der Waals surface area (Å²) in [7, 11) is 1.85. The molecule has 0 saturated heterocycles. The van der Waals surface area contributed by atoms with Crippen molar-refractivity contribution in [1.29, 1.82) is 0 Å². The summed E-state index contributed by atoms with van der Waals surface area (Å²) in [5, 5.41) is 3.63. The van der Waals surface area contributed by atoms with Crippen molar-refractivity contribution < 1.29 is 4.79 Å². The molecule has 5 nitrogen and oxygen atoms in total. The molecule has 3 aromatic rings. The smallest absolute Gasteiger partial charge is 0.243 e. The van der Waals surface area contributed by atoms with Crippen molar-refractivity contribution in [3.8, 4) is 0 Å². The summed E-state index contributed by atoms with van der Waals surface area (Å²) in [5.74, 6) is 0.697. The van der Waals surface area contributed by atoms with Gasteiger partial charge in [0.05, 0.1) is 6.54 Å². The number of anilines is 2. The normalized spacial score (nSPS) is 10.5. The monoisotopic (exact) mass is 352 g/mol. The maximum Gasteiger partial charge on any atom is 0.243 e. The standard InChI is InChI=1S/C19H20N4OS/c1-14-8-10-16(11-9-14)20-18(24)13-23(2)19-21-17(22-25-19)12-15-6-4-3-5-7-15/h3-11H,12-13H2,1-2H3,(H,20,24). The lowest BCUT2D eigenvalue weighted by Crippen LogP contribution is -2.30. The highest BCUT2D eigenvalue weighted by atomic mass is 32.1. The zero-order chi connectivity index (χ0) is 17.6. The third-order valence-electron chi connectivity index (χ3n) is 3.71. The van der Waals surface area contributed by atoms with Crippen LogP contribution < -0.4 is 10.2 Å². The van der Waals surface area contributed by atoms with Crippen molar-refractivity contribution in [3.05, 3.63) is 71.5 Å². The van der Waals surface area contributed by atoms with E-state index in [-0.39, 0.29) is 12.5 Å². The Kier molecular flexibility index (Phi) is 5.40. The molecule has 0 atom stereocenters. The summed E-state index contributed by atoms with van der Waals surface area (Å²) in [5.41, 5.74) is 3.13. The number of carbonyl (C=O) groups is 1. The second kappa shape index (κ2) is 7.90. The van der Waals surface area contributed by atoms with Gasteiger partial charge in [-0.3, -0.25) is 4.79 Å². The summed E-state index contributed by atoms with van der Waals surface area (Å²) >= 11 is 1.31. The van der Waals surface area contributed by atoms with Crippen LogP contribution in [0.1, 0.15) is 17.0 Å². The summed E-state index contributed by atoms with van der Waals surface area (Å²) in [4.78, 5) is 18.5. The molecule has 2 aromatic carbocycles. The average Bonchev–Trinajstić information content (AvgIpc) is 3.06. The third-order valence-corrected chi connectivity index (χ3v) is 4.57. The van der Waals surface area contributed by atoms with Gasteiger partial charge in [0.25, 0.3) is 0 Å². The number of aryl methyl sites for hydroxylation is 1. The molecule has 1 heterocycles. The van der Waals surface area contributed by atoms with E-state index in [9.17, 15) is 4.79 Å². The van der Waals surface area contributed by atoms with Crippen molar-refractivity contribution in [2.45, 2.75) is 13.3 Å². The first-order chi connectivity index (χ1) is 12.1. The number of aromatic nitrogens is 2. The predicted molar refractivity (Wildman–Crippen MR) is 102 cm³/mol. The van der Waals surface area contributed by atoms with E-state index in [0.29, 0.717) is 6.42 Å². The van der Waals surface area contributed by atoms with Gasteiger partial charge in [-0.1, -0.05) is 48.0 Å². The number of amides is 1. The lowest BCUT2D eigenvalue weighted by atomic mass is 10.1. The molecule has 0 saturated carbocycles. The highest BCUT2D eigenvalue weighted by molar-refractivity contribution is 7.09. The zero-order valence-corrected chi connectivity index (χ0v) is 15.1. The van der Waals surface area contributed by atoms with E-state index in [4.69, 9.17) is 0 Å². The van der Waals surface area contributed by atoms with Crippen LogP contribution in [0.5, 0.6) is 0 Å². The summed E-state index contributed by atoms with van der Waals surface area (Å²) < 4.78 is 4.39. The van der Waals surface area contributed by atoms with E-state index < -0.39 is 0 Å². The number of nitrogens with one attached hydrogen (secondary N) is 1. The van der Waals surface area contributed by atoms with Crippen molar-refractivity contribution in [3.63, 3.8) is 0 Å². The molecule has 0 spiro atoms. The molecular weight excluding hydrogens is 332 g/mol. The Morgan fingerprint density at radius 2 is 1.84 bits per heavy atom. The van der Waals surface area contributed by atoms with Crippen LogP contribution in [-0.2, 0) is 11.2 Å². The Morgan fingerprint density at radius 1 is 1.12 bits per heavy atom. The molecule has 0 aliphatic rings. The van der Waals surface area contributed by atoms with Gasteiger partial charge in [-0.05, 0) is 24.6 Å². The number of carbonyl (C=O) groups excluding carboxylic acids is 1. The minimum atomic E-state index is -0.0776. The molecule has 1 aromatic heterocycles. The van der Waals surface area contributed by atoms with E-state index in [2.05, 4.69) is 26.8 Å². The van der Waals surface area contributed by atoms with Crippen molar-refractivity contribution in [1.82, 2.24) is 9.36 Å². The van der Waals surface area contributed by atoms with Crippen LogP contribution in [-0.4, -0.2) is 28.9 Å². The van der Waals surface area contributed by atoms with Crippen LogP contribution >= 0.6 is 11.5 Å². The first kappa shape index (κ1) is 17.1. The van der Waals surface area contributed by atoms with Gasteiger partial charge in [0.15, 0.2) is 0 Å². The SMILES string of the molecule is Cc1ccc(NC(=O)CN(C)c2nc(Cc3ccccc3)ns2)cc1. The molecular formula is C19H20N4OS. The summed E-state index contributed by atoms with van der Waals surface area (Å²) in [6, 6.07) is 17.9. The minimum absolute atomic E-state index is 0.0776. The second-order valence-corrected chi connectivity index (χ2v) is 6.66. The molecule has 6 heteroatoms. The second-order valence-electron chi connectivity index (χ2n) is 5.93. The number of nitrogens with zero attached hydrogens (tertiary/aromatic N) is 3. The molecule has 25 heavy (non-hydrogen) atoms. The summed E-state index contributed by atoms with van der Waals surface area (Å²) in [6.07, 6.45) is 0.695. The molecule has 0 radical (unpaired) electrons. The van der Waals surface area contributed by atoms with Gasteiger partial charge < -0.3 is 10.2 Å². The Balaban J connectivity index is 1.56. The van der Waals surface area contributed by atoms with Crippen LogP contribution in [0.25, 0.3) is 0 Å². The number of benzene rings is 2. The quantitative estimate of drug-likeness (QED) is 0.737. The van der Waals surface area contributed by atoms with Gasteiger partial charge in [-0.25, -0.2) is 4.98 Å². The zero-order valence-electron chi connectivity index (χ0n) is 14.3. The fraction of sp³-hybridized carbons (Fsp3) is 0.211. The van der Waals surface area contributed by atoms with Crippen molar-refractivity contribution >= 4 is 28.3 Å². The van der Waals surface area contributed by atoms with Crippen LogP contribution in [0.15, 0.2) is 54.6 Å². The minimum Gasteiger partial charge on any atom is -0.341 e. The molecule has 0 aliphatic carbocycles. The molecule has 0 unspecified atom stereocenters. The van der Waals surface area contributed by atoms with E-state index in [1.165, 1.54) is 17.1 Å². The first-order valence-electron chi connectivity index (χ1n) is 8.04. The number of hydrogen-bond acceptors (Lipinski definition) is 5. The molecule has 1 amide bonds. The van der Waals surface area contributed by atoms with Gasteiger partial charge in [0.1, 0.15) is 5.82 Å². The maximum absolute atomic E-state index is 12.2. The Morgan fingerprint density at radius 3 is 2.56 bits per heavy atom. The molecule has 128 valence electrons. The lowest BCUT2D eigenvalue weighted by molar-refractivity contribution is -0.114. The van der Waals surface area contributed by atoms with Gasteiger partial charge >= 0.3 is 0 Å².